The number of likely N-dealkylation sites (tertiary alicyclic amines) is 1. The van der Waals surface area contributed by atoms with Gasteiger partial charge in [0.2, 0.25) is 0 Å². The van der Waals surface area contributed by atoms with Gasteiger partial charge in [0, 0.05) is 24.4 Å². The summed E-state index contributed by atoms with van der Waals surface area (Å²) >= 11 is 0. The van der Waals surface area contributed by atoms with Crippen molar-refractivity contribution in [2.75, 3.05) is 26.2 Å². The highest BCUT2D eigenvalue weighted by Crippen LogP contribution is 2.47. The van der Waals surface area contributed by atoms with Gasteiger partial charge in [-0.05, 0) is 74.2 Å². The quantitative estimate of drug-likeness (QED) is 0.452. The molecule has 2 aliphatic rings. The summed E-state index contributed by atoms with van der Waals surface area (Å²) in [5, 5.41) is 11.2. The van der Waals surface area contributed by atoms with Crippen LogP contribution in [0.4, 0.5) is 26.3 Å². The van der Waals surface area contributed by atoms with E-state index in [1.165, 1.54) is 24.3 Å². The zero-order valence-electron chi connectivity index (χ0n) is 19.2. The number of hydrogen-bond donors (Lipinski definition) is 1. The van der Waals surface area contributed by atoms with Crippen molar-refractivity contribution < 1.29 is 36.2 Å². The molecule has 1 N–H and O–H groups in total. The fourth-order valence-electron chi connectivity index (χ4n) is 5.19. The van der Waals surface area contributed by atoms with Crippen molar-refractivity contribution in [3.63, 3.8) is 0 Å². The first kappa shape index (κ1) is 25.8. The molecule has 0 amide bonds. The Morgan fingerprint density at radius 2 is 1.46 bits per heavy atom. The number of alkyl halides is 6. The van der Waals surface area contributed by atoms with Crippen LogP contribution in [0.1, 0.15) is 48.8 Å². The second-order valence-corrected chi connectivity index (χ2v) is 9.70. The van der Waals surface area contributed by atoms with Gasteiger partial charge in [-0.25, -0.2) is 0 Å². The summed E-state index contributed by atoms with van der Waals surface area (Å²) in [7, 11) is 0. The lowest BCUT2D eigenvalue weighted by Crippen LogP contribution is -2.52. The van der Waals surface area contributed by atoms with Gasteiger partial charge in [0.05, 0.1) is 23.8 Å². The van der Waals surface area contributed by atoms with E-state index in [0.717, 1.165) is 68.5 Å². The Morgan fingerprint density at radius 1 is 0.886 bits per heavy atom. The maximum Gasteiger partial charge on any atom is 0.416 e. The van der Waals surface area contributed by atoms with Gasteiger partial charge in [0.15, 0.2) is 0 Å². The number of aliphatic hydroxyl groups is 1. The average molecular weight is 502 g/mol. The molecule has 2 fully saturated rings. The van der Waals surface area contributed by atoms with Gasteiger partial charge in [-0.15, -0.1) is 0 Å². The molecule has 192 valence electrons. The van der Waals surface area contributed by atoms with Crippen LogP contribution in [-0.4, -0.2) is 42.4 Å². The molecule has 3 nitrogen and oxygen atoms in total. The molecule has 9 heteroatoms. The Labute approximate surface area is 200 Å². The van der Waals surface area contributed by atoms with E-state index in [4.69, 9.17) is 4.74 Å². The molecular weight excluding hydrogens is 472 g/mol. The SMILES string of the molecule is OC(CN1CCCC(COc2ccc(C(F)(F)F)cc2)C1)C1(c2ccc(C(F)(F)F)cc2)CCC1. The van der Waals surface area contributed by atoms with Crippen molar-refractivity contribution in [2.24, 2.45) is 5.92 Å². The average Bonchev–Trinajstić information content (AvgIpc) is 2.77. The van der Waals surface area contributed by atoms with Gasteiger partial charge >= 0.3 is 12.4 Å². The molecule has 1 heterocycles. The van der Waals surface area contributed by atoms with Crippen LogP contribution in [0.2, 0.25) is 0 Å². The molecule has 35 heavy (non-hydrogen) atoms. The van der Waals surface area contributed by atoms with Crippen LogP contribution in [0, 0.1) is 5.92 Å². The maximum atomic E-state index is 12.9. The zero-order valence-corrected chi connectivity index (χ0v) is 19.2. The van der Waals surface area contributed by atoms with E-state index in [0.29, 0.717) is 25.4 Å². The van der Waals surface area contributed by atoms with Crippen LogP contribution in [0.15, 0.2) is 48.5 Å². The first-order valence-electron chi connectivity index (χ1n) is 11.9. The second kappa shape index (κ2) is 10.0. The number of aliphatic hydroxyl groups excluding tert-OH is 1. The number of nitrogens with zero attached hydrogens (tertiary/aromatic N) is 1. The first-order valence-corrected chi connectivity index (χ1v) is 11.9. The summed E-state index contributed by atoms with van der Waals surface area (Å²) in [4.78, 5) is 2.15. The summed E-state index contributed by atoms with van der Waals surface area (Å²) in [6.07, 6.45) is -5.29. The predicted octanol–water partition coefficient (Wildman–Crippen LogP) is 6.30. The van der Waals surface area contributed by atoms with E-state index >= 15 is 0 Å². The van der Waals surface area contributed by atoms with Crippen LogP contribution >= 0.6 is 0 Å². The zero-order chi connectivity index (χ0) is 25.3. The van der Waals surface area contributed by atoms with Crippen LogP contribution in [0.3, 0.4) is 0 Å². The van der Waals surface area contributed by atoms with Crippen molar-refractivity contribution in [2.45, 2.75) is 56.0 Å². The van der Waals surface area contributed by atoms with Crippen molar-refractivity contribution in [1.29, 1.82) is 0 Å². The van der Waals surface area contributed by atoms with Gasteiger partial charge in [0.1, 0.15) is 5.75 Å². The molecule has 0 aromatic heterocycles. The molecule has 4 rings (SSSR count). The van der Waals surface area contributed by atoms with Crippen LogP contribution < -0.4 is 4.74 Å². The lowest BCUT2D eigenvalue weighted by molar-refractivity contribution is -0.138. The van der Waals surface area contributed by atoms with E-state index in [-0.39, 0.29) is 5.92 Å². The molecule has 0 radical (unpaired) electrons. The number of rotatable bonds is 7. The van der Waals surface area contributed by atoms with Gasteiger partial charge in [-0.1, -0.05) is 18.6 Å². The van der Waals surface area contributed by atoms with Gasteiger partial charge in [-0.2, -0.15) is 26.3 Å². The van der Waals surface area contributed by atoms with E-state index in [1.807, 2.05) is 0 Å². The predicted molar refractivity (Wildman–Crippen MR) is 119 cm³/mol. The standard InChI is InChI=1S/C26H29F6NO2/c27-25(28,29)20-6-4-19(5-7-20)24(12-2-13-24)23(34)16-33-14-1-3-18(15-33)17-35-22-10-8-21(9-11-22)26(30,31)32/h4-11,18,23,34H,1-3,12-17H2. The van der Waals surface area contributed by atoms with Crippen LogP contribution in [0.5, 0.6) is 5.75 Å². The Bertz CT molecular complexity index is 967. The van der Waals surface area contributed by atoms with Crippen molar-refractivity contribution in [3.8, 4) is 5.75 Å². The second-order valence-electron chi connectivity index (χ2n) is 9.70. The highest BCUT2D eigenvalue weighted by atomic mass is 19.4. The topological polar surface area (TPSA) is 32.7 Å². The fraction of sp³-hybridized carbons (Fsp3) is 0.538. The highest BCUT2D eigenvalue weighted by molar-refractivity contribution is 5.34. The van der Waals surface area contributed by atoms with Crippen molar-refractivity contribution >= 4 is 0 Å². The van der Waals surface area contributed by atoms with Crippen LogP contribution in [-0.2, 0) is 17.8 Å². The van der Waals surface area contributed by atoms with Crippen LogP contribution in [0.25, 0.3) is 0 Å². The van der Waals surface area contributed by atoms with E-state index in [1.54, 1.807) is 0 Å². The first-order chi connectivity index (χ1) is 16.5. The summed E-state index contributed by atoms with van der Waals surface area (Å²) < 4.78 is 82.7. The van der Waals surface area contributed by atoms with Crippen molar-refractivity contribution in [1.82, 2.24) is 4.90 Å². The third kappa shape index (κ3) is 5.94. The molecule has 0 bridgehead atoms. The van der Waals surface area contributed by atoms with Crippen molar-refractivity contribution in [3.05, 3.63) is 65.2 Å². The molecule has 1 saturated carbocycles. The summed E-state index contributed by atoms with van der Waals surface area (Å²) in [5.74, 6) is 0.549. The molecular formula is C26H29F6NO2. The third-order valence-corrected chi connectivity index (χ3v) is 7.37. The minimum atomic E-state index is -4.39. The molecule has 2 aromatic carbocycles. The lowest BCUT2D eigenvalue weighted by Gasteiger charge is -2.48. The van der Waals surface area contributed by atoms with E-state index in [9.17, 15) is 31.4 Å². The maximum absolute atomic E-state index is 12.9. The molecule has 2 aromatic rings. The molecule has 1 saturated heterocycles. The highest BCUT2D eigenvalue weighted by Gasteiger charge is 2.46. The largest absolute Gasteiger partial charge is 0.493 e. The normalized spacial score (nSPS) is 21.9. The minimum Gasteiger partial charge on any atom is -0.493 e. The van der Waals surface area contributed by atoms with E-state index in [2.05, 4.69) is 4.90 Å². The number of hydrogen-bond acceptors (Lipinski definition) is 3. The van der Waals surface area contributed by atoms with Gasteiger partial charge in [0.25, 0.3) is 0 Å². The van der Waals surface area contributed by atoms with Gasteiger partial charge < -0.3 is 14.7 Å². The number of ether oxygens (including phenoxy) is 1. The summed E-state index contributed by atoms with van der Waals surface area (Å²) in [5.41, 5.74) is -1.21. The Morgan fingerprint density at radius 3 is 1.97 bits per heavy atom. The molecule has 1 aliphatic carbocycles. The summed E-state index contributed by atoms with van der Waals surface area (Å²) in [6.45, 7) is 2.26. The number of benzene rings is 2. The molecule has 1 aliphatic heterocycles. The molecule has 2 unspecified atom stereocenters. The number of halogens is 6. The number of β-amino-alcohol motifs (C(OH)–C–C–N with tert-alkyl or cyclic N) is 1. The summed E-state index contributed by atoms with van der Waals surface area (Å²) in [6, 6.07) is 9.77. The monoisotopic (exact) mass is 501 g/mol. The Kier molecular flexibility index (Phi) is 7.38. The molecule has 0 spiro atoms. The van der Waals surface area contributed by atoms with Gasteiger partial charge in [-0.3, -0.25) is 0 Å². The fourth-order valence-corrected chi connectivity index (χ4v) is 5.19. The molecule has 2 atom stereocenters. The Balaban J connectivity index is 1.33. The Hall–Kier alpha value is -2.26. The minimum absolute atomic E-state index is 0.168. The lowest BCUT2D eigenvalue weighted by atomic mass is 9.61. The third-order valence-electron chi connectivity index (χ3n) is 7.37. The van der Waals surface area contributed by atoms with E-state index < -0.39 is 35.0 Å². The number of piperidine rings is 1. The smallest absolute Gasteiger partial charge is 0.416 e.